The molecule has 1 saturated heterocycles. The second-order valence-electron chi connectivity index (χ2n) is 9.02. The molecule has 1 amide bonds. The Bertz CT molecular complexity index is 1100. The normalized spacial score (nSPS) is 16.6. The van der Waals surface area contributed by atoms with Crippen LogP contribution in [0.15, 0.2) is 60.8 Å². The highest BCUT2D eigenvalue weighted by molar-refractivity contribution is 6.08. The molecule has 158 valence electrons. The van der Waals surface area contributed by atoms with E-state index in [0.717, 1.165) is 59.9 Å². The van der Waals surface area contributed by atoms with Crippen LogP contribution in [0.1, 0.15) is 52.5 Å². The van der Waals surface area contributed by atoms with Gasteiger partial charge in [0.2, 0.25) is 0 Å². The summed E-state index contributed by atoms with van der Waals surface area (Å²) in [6, 6.07) is 19.0. The number of amides is 1. The van der Waals surface area contributed by atoms with Gasteiger partial charge < -0.3 is 9.80 Å². The van der Waals surface area contributed by atoms with Gasteiger partial charge in [-0.1, -0.05) is 37.3 Å². The zero-order valence-corrected chi connectivity index (χ0v) is 18.3. The second kappa shape index (κ2) is 8.18. The predicted octanol–water partition coefficient (Wildman–Crippen LogP) is 5.09. The zero-order chi connectivity index (χ0) is 21.4. The highest BCUT2D eigenvalue weighted by Crippen LogP contribution is 2.30. The van der Waals surface area contributed by atoms with E-state index in [-0.39, 0.29) is 5.91 Å². The number of hydrogen-bond acceptors (Lipinski definition) is 3. The van der Waals surface area contributed by atoms with Crippen LogP contribution in [0.3, 0.4) is 0 Å². The average molecular weight is 412 g/mol. The van der Waals surface area contributed by atoms with Crippen LogP contribution >= 0.6 is 0 Å². The number of fused-ring (bicyclic) bond motifs is 2. The van der Waals surface area contributed by atoms with Crippen molar-refractivity contribution in [2.45, 2.75) is 32.6 Å². The standard InChI is InChI=1S/C27H29N3O/c1-19-11-13-30(14-12-19)24-9-7-20(8-10-24)15-23-17-22-16-21-5-3-4-6-25(21)27(31)29(2)26(22)18-28-23/h3-10,17-19H,11-16H2,1-2H3. The number of anilines is 2. The molecule has 2 aromatic carbocycles. The molecule has 0 aliphatic carbocycles. The van der Waals surface area contributed by atoms with Gasteiger partial charge in [-0.05, 0) is 59.7 Å². The third-order valence-corrected chi connectivity index (χ3v) is 6.79. The van der Waals surface area contributed by atoms with Crippen LogP contribution in [0.2, 0.25) is 0 Å². The molecule has 0 N–H and O–H groups in total. The third kappa shape index (κ3) is 3.95. The Balaban J connectivity index is 1.36. The van der Waals surface area contributed by atoms with Crippen molar-refractivity contribution < 1.29 is 4.79 Å². The molecule has 2 aliphatic rings. The summed E-state index contributed by atoms with van der Waals surface area (Å²) >= 11 is 0. The van der Waals surface area contributed by atoms with Crippen molar-refractivity contribution >= 4 is 17.3 Å². The van der Waals surface area contributed by atoms with E-state index in [9.17, 15) is 4.79 Å². The number of carbonyl (C=O) groups is 1. The number of piperidine rings is 1. The number of benzene rings is 2. The second-order valence-corrected chi connectivity index (χ2v) is 9.02. The lowest BCUT2D eigenvalue weighted by Crippen LogP contribution is -2.32. The summed E-state index contributed by atoms with van der Waals surface area (Å²) < 4.78 is 0. The van der Waals surface area contributed by atoms with Gasteiger partial charge in [-0.15, -0.1) is 0 Å². The van der Waals surface area contributed by atoms with Gasteiger partial charge >= 0.3 is 0 Å². The smallest absolute Gasteiger partial charge is 0.258 e. The summed E-state index contributed by atoms with van der Waals surface area (Å²) in [6.07, 6.45) is 5.97. The molecule has 0 spiro atoms. The first-order valence-electron chi connectivity index (χ1n) is 11.3. The van der Waals surface area contributed by atoms with Gasteiger partial charge in [0, 0.05) is 49.9 Å². The van der Waals surface area contributed by atoms with E-state index in [4.69, 9.17) is 4.98 Å². The molecule has 0 unspecified atom stereocenters. The first-order chi connectivity index (χ1) is 15.1. The minimum Gasteiger partial charge on any atom is -0.372 e. The molecule has 5 rings (SSSR count). The van der Waals surface area contributed by atoms with Gasteiger partial charge in [-0.25, -0.2) is 0 Å². The first kappa shape index (κ1) is 19.8. The van der Waals surface area contributed by atoms with Crippen molar-refractivity contribution in [1.29, 1.82) is 0 Å². The minimum atomic E-state index is 0.0339. The van der Waals surface area contributed by atoms with Gasteiger partial charge in [0.1, 0.15) is 0 Å². The number of aromatic nitrogens is 1. The van der Waals surface area contributed by atoms with E-state index in [1.54, 1.807) is 4.90 Å². The first-order valence-corrected chi connectivity index (χ1v) is 11.3. The van der Waals surface area contributed by atoms with Crippen molar-refractivity contribution in [3.63, 3.8) is 0 Å². The molecule has 4 heteroatoms. The lowest BCUT2D eigenvalue weighted by Gasteiger charge is -2.32. The molecule has 1 aromatic heterocycles. The van der Waals surface area contributed by atoms with Crippen LogP contribution in [0, 0.1) is 5.92 Å². The minimum absolute atomic E-state index is 0.0339. The van der Waals surface area contributed by atoms with Crippen LogP contribution in [0.5, 0.6) is 0 Å². The number of carbonyl (C=O) groups excluding carboxylic acids is 1. The molecule has 2 aliphatic heterocycles. The van der Waals surface area contributed by atoms with Gasteiger partial charge in [-0.3, -0.25) is 9.78 Å². The molecular formula is C27H29N3O. The maximum atomic E-state index is 12.8. The molecular weight excluding hydrogens is 382 g/mol. The average Bonchev–Trinajstić information content (AvgIpc) is 2.89. The lowest BCUT2D eigenvalue weighted by atomic mass is 9.98. The highest BCUT2D eigenvalue weighted by atomic mass is 16.2. The van der Waals surface area contributed by atoms with E-state index in [2.05, 4.69) is 48.2 Å². The lowest BCUT2D eigenvalue weighted by molar-refractivity contribution is 0.0993. The van der Waals surface area contributed by atoms with E-state index in [0.29, 0.717) is 0 Å². The molecule has 3 heterocycles. The van der Waals surface area contributed by atoms with Crippen molar-refractivity contribution in [2.75, 3.05) is 29.9 Å². The summed E-state index contributed by atoms with van der Waals surface area (Å²) in [4.78, 5) is 21.8. The molecule has 0 bridgehead atoms. The maximum absolute atomic E-state index is 12.8. The summed E-state index contributed by atoms with van der Waals surface area (Å²) in [7, 11) is 1.84. The van der Waals surface area contributed by atoms with Crippen molar-refractivity contribution in [3.05, 3.63) is 88.7 Å². The zero-order valence-electron chi connectivity index (χ0n) is 18.3. The topological polar surface area (TPSA) is 36.4 Å². The number of rotatable bonds is 3. The summed E-state index contributed by atoms with van der Waals surface area (Å²) in [5.41, 5.74) is 7.55. The Labute approximate surface area is 184 Å². The molecule has 3 aromatic rings. The Hall–Kier alpha value is -3.14. The van der Waals surface area contributed by atoms with E-state index in [1.807, 2.05) is 31.4 Å². The molecule has 0 saturated carbocycles. The summed E-state index contributed by atoms with van der Waals surface area (Å²) in [5, 5.41) is 0. The monoisotopic (exact) mass is 411 g/mol. The largest absolute Gasteiger partial charge is 0.372 e. The number of nitrogens with zero attached hydrogens (tertiary/aromatic N) is 3. The van der Waals surface area contributed by atoms with Gasteiger partial charge in [0.25, 0.3) is 5.91 Å². The molecule has 0 atom stereocenters. The fourth-order valence-corrected chi connectivity index (χ4v) is 4.76. The molecule has 0 radical (unpaired) electrons. The number of hydrogen-bond donors (Lipinski definition) is 0. The van der Waals surface area contributed by atoms with Crippen LogP contribution < -0.4 is 9.80 Å². The van der Waals surface area contributed by atoms with E-state index in [1.165, 1.54) is 24.1 Å². The van der Waals surface area contributed by atoms with E-state index >= 15 is 0 Å². The maximum Gasteiger partial charge on any atom is 0.258 e. The van der Waals surface area contributed by atoms with Crippen molar-refractivity contribution in [1.82, 2.24) is 4.98 Å². The Morgan fingerprint density at radius 1 is 1.00 bits per heavy atom. The predicted molar refractivity (Wildman–Crippen MR) is 126 cm³/mol. The van der Waals surface area contributed by atoms with Crippen LogP contribution in [0.4, 0.5) is 11.4 Å². The quantitative estimate of drug-likeness (QED) is 0.602. The highest BCUT2D eigenvalue weighted by Gasteiger charge is 2.24. The fourth-order valence-electron chi connectivity index (χ4n) is 4.76. The molecule has 31 heavy (non-hydrogen) atoms. The van der Waals surface area contributed by atoms with E-state index < -0.39 is 0 Å². The van der Waals surface area contributed by atoms with Gasteiger partial charge in [0.05, 0.1) is 11.9 Å². The summed E-state index contributed by atoms with van der Waals surface area (Å²) in [6.45, 7) is 4.65. The molecule has 1 fully saturated rings. The van der Waals surface area contributed by atoms with Crippen molar-refractivity contribution in [2.24, 2.45) is 5.92 Å². The third-order valence-electron chi connectivity index (χ3n) is 6.79. The van der Waals surface area contributed by atoms with Crippen molar-refractivity contribution in [3.8, 4) is 0 Å². The SMILES string of the molecule is CC1CCN(c2ccc(Cc3cc4c(cn3)N(C)C(=O)c3ccccc3C4)cc2)CC1. The fraction of sp³-hybridized carbons (Fsp3) is 0.333. The van der Waals surface area contributed by atoms with Gasteiger partial charge in [0.15, 0.2) is 0 Å². The Morgan fingerprint density at radius 2 is 1.74 bits per heavy atom. The van der Waals surface area contributed by atoms with Gasteiger partial charge in [-0.2, -0.15) is 0 Å². The Morgan fingerprint density at radius 3 is 2.52 bits per heavy atom. The van der Waals surface area contributed by atoms with Crippen LogP contribution in [-0.2, 0) is 12.8 Å². The number of pyridine rings is 1. The Kier molecular flexibility index (Phi) is 5.23. The van der Waals surface area contributed by atoms with Crippen LogP contribution in [0.25, 0.3) is 0 Å². The molecule has 4 nitrogen and oxygen atoms in total. The van der Waals surface area contributed by atoms with Crippen LogP contribution in [-0.4, -0.2) is 31.0 Å². The summed E-state index contributed by atoms with van der Waals surface area (Å²) in [5.74, 6) is 0.878.